The predicted molar refractivity (Wildman–Crippen MR) is 86.7 cm³/mol. The molecule has 0 fully saturated rings. The lowest BCUT2D eigenvalue weighted by atomic mass is 9.73. The van der Waals surface area contributed by atoms with Gasteiger partial charge < -0.3 is 0 Å². The predicted octanol–water partition coefficient (Wildman–Crippen LogP) is 5.43. The smallest absolute Gasteiger partial charge is 0.0659 e. The number of halogens is 1. The highest BCUT2D eigenvalue weighted by molar-refractivity contribution is 6.21. The molecule has 0 saturated heterocycles. The fraction of sp³-hybridized carbons (Fsp3) is 0.368. The minimum Gasteiger partial charge on any atom is -0.117 e. The van der Waals surface area contributed by atoms with Crippen molar-refractivity contribution < 1.29 is 0 Å². The molecular formula is C19H21Cl. The lowest BCUT2D eigenvalue weighted by Crippen LogP contribution is -2.21. The van der Waals surface area contributed by atoms with E-state index in [4.69, 9.17) is 11.6 Å². The van der Waals surface area contributed by atoms with Crippen LogP contribution in [0.2, 0.25) is 0 Å². The van der Waals surface area contributed by atoms with Crippen LogP contribution in [0.5, 0.6) is 0 Å². The summed E-state index contributed by atoms with van der Waals surface area (Å²) >= 11 is 6.85. The van der Waals surface area contributed by atoms with Crippen molar-refractivity contribution in [2.45, 2.75) is 44.4 Å². The highest BCUT2D eigenvalue weighted by atomic mass is 35.5. The first-order valence-electron chi connectivity index (χ1n) is 7.58. The summed E-state index contributed by atoms with van der Waals surface area (Å²) < 4.78 is 0. The maximum absolute atomic E-state index is 6.85. The zero-order chi connectivity index (χ0) is 14.1. The van der Waals surface area contributed by atoms with Crippen LogP contribution in [0.3, 0.4) is 0 Å². The minimum absolute atomic E-state index is 0.103. The largest absolute Gasteiger partial charge is 0.117 e. The van der Waals surface area contributed by atoms with Gasteiger partial charge in [0.2, 0.25) is 0 Å². The van der Waals surface area contributed by atoms with Crippen LogP contribution in [-0.4, -0.2) is 0 Å². The molecule has 0 radical (unpaired) electrons. The van der Waals surface area contributed by atoms with Gasteiger partial charge in [-0.2, -0.15) is 0 Å². The van der Waals surface area contributed by atoms with Crippen LogP contribution in [0.1, 0.15) is 53.0 Å². The number of alkyl halides is 1. The molecule has 0 N–H and O–H groups in total. The Hall–Kier alpha value is -1.27. The van der Waals surface area contributed by atoms with Crippen molar-refractivity contribution in [3.63, 3.8) is 0 Å². The number of benzene rings is 2. The summed E-state index contributed by atoms with van der Waals surface area (Å²) in [6.45, 7) is 4.41. The molecule has 1 aliphatic carbocycles. The standard InChI is InChI=1S/C19H21Cl/c1-3-13-9-10-14(4-2)17(11-13)19(20)18-12-15-7-5-6-8-16(15)18/h5-11,18-19H,3-4,12H2,1-2H3. The molecular weight excluding hydrogens is 264 g/mol. The van der Waals surface area contributed by atoms with E-state index in [1.165, 1.54) is 27.8 Å². The van der Waals surface area contributed by atoms with Crippen molar-refractivity contribution in [2.75, 3.05) is 0 Å². The molecule has 0 nitrogen and oxygen atoms in total. The van der Waals surface area contributed by atoms with E-state index in [0.29, 0.717) is 5.92 Å². The molecule has 2 unspecified atom stereocenters. The van der Waals surface area contributed by atoms with Gasteiger partial charge in [-0.3, -0.25) is 0 Å². The molecule has 0 heterocycles. The summed E-state index contributed by atoms with van der Waals surface area (Å²) in [6, 6.07) is 15.5. The van der Waals surface area contributed by atoms with Crippen LogP contribution in [0.4, 0.5) is 0 Å². The monoisotopic (exact) mass is 284 g/mol. The molecule has 3 rings (SSSR count). The molecule has 2 aromatic rings. The van der Waals surface area contributed by atoms with Crippen molar-refractivity contribution in [2.24, 2.45) is 0 Å². The lowest BCUT2D eigenvalue weighted by molar-refractivity contribution is 0.584. The number of aryl methyl sites for hydroxylation is 2. The van der Waals surface area contributed by atoms with Crippen molar-refractivity contribution in [3.05, 3.63) is 70.3 Å². The van der Waals surface area contributed by atoms with E-state index in [9.17, 15) is 0 Å². The highest BCUT2D eigenvalue weighted by Gasteiger charge is 2.33. The van der Waals surface area contributed by atoms with Crippen molar-refractivity contribution in [1.29, 1.82) is 0 Å². The summed E-state index contributed by atoms with van der Waals surface area (Å²) in [5.41, 5.74) is 7.03. The topological polar surface area (TPSA) is 0 Å². The Balaban J connectivity index is 1.93. The second kappa shape index (κ2) is 5.61. The van der Waals surface area contributed by atoms with Gasteiger partial charge in [0.25, 0.3) is 0 Å². The van der Waals surface area contributed by atoms with Crippen LogP contribution < -0.4 is 0 Å². The maximum Gasteiger partial charge on any atom is 0.0659 e. The second-order valence-corrected chi connectivity index (χ2v) is 6.12. The van der Waals surface area contributed by atoms with Crippen molar-refractivity contribution >= 4 is 11.6 Å². The van der Waals surface area contributed by atoms with Gasteiger partial charge in [-0.15, -0.1) is 11.6 Å². The van der Waals surface area contributed by atoms with E-state index in [1.807, 2.05) is 0 Å². The van der Waals surface area contributed by atoms with E-state index in [0.717, 1.165) is 19.3 Å². The molecule has 2 atom stereocenters. The SMILES string of the molecule is CCc1ccc(CC)c(C(Cl)C2Cc3ccccc32)c1. The van der Waals surface area contributed by atoms with E-state index >= 15 is 0 Å². The average Bonchev–Trinajstić information content (AvgIpc) is 2.47. The van der Waals surface area contributed by atoms with Gasteiger partial charge in [-0.1, -0.05) is 56.3 Å². The Morgan fingerprint density at radius 3 is 2.60 bits per heavy atom. The molecule has 0 spiro atoms. The average molecular weight is 285 g/mol. The second-order valence-electron chi connectivity index (χ2n) is 5.65. The summed E-state index contributed by atoms with van der Waals surface area (Å²) in [5, 5.41) is 0.103. The van der Waals surface area contributed by atoms with E-state index < -0.39 is 0 Å². The zero-order valence-electron chi connectivity index (χ0n) is 12.2. The Bertz CT molecular complexity index is 615. The molecule has 0 aliphatic heterocycles. The van der Waals surface area contributed by atoms with Crippen LogP contribution in [-0.2, 0) is 19.3 Å². The number of hydrogen-bond acceptors (Lipinski definition) is 0. The lowest BCUT2D eigenvalue weighted by Gasteiger charge is -2.34. The number of hydrogen-bond donors (Lipinski definition) is 0. The molecule has 104 valence electrons. The first kappa shape index (κ1) is 13.7. The van der Waals surface area contributed by atoms with Gasteiger partial charge in [0.05, 0.1) is 5.38 Å². The molecule has 0 saturated carbocycles. The first-order chi connectivity index (χ1) is 9.74. The Morgan fingerprint density at radius 2 is 1.90 bits per heavy atom. The molecule has 0 amide bonds. The van der Waals surface area contributed by atoms with Gasteiger partial charge in [0, 0.05) is 5.92 Å². The third-order valence-corrected chi connectivity index (χ3v) is 5.08. The Kier molecular flexibility index (Phi) is 3.85. The van der Waals surface area contributed by atoms with E-state index in [-0.39, 0.29) is 5.38 Å². The highest BCUT2D eigenvalue weighted by Crippen LogP contribution is 2.47. The summed E-state index contributed by atoms with van der Waals surface area (Å²) in [5.74, 6) is 0.477. The number of fused-ring (bicyclic) bond motifs is 1. The van der Waals surface area contributed by atoms with Crippen LogP contribution in [0, 0.1) is 0 Å². The third kappa shape index (κ3) is 2.27. The zero-order valence-corrected chi connectivity index (χ0v) is 13.0. The fourth-order valence-corrected chi connectivity index (χ4v) is 3.65. The van der Waals surface area contributed by atoms with Gasteiger partial charge >= 0.3 is 0 Å². The van der Waals surface area contributed by atoms with Gasteiger partial charge in [-0.05, 0) is 47.1 Å². The molecule has 0 aromatic heterocycles. The van der Waals surface area contributed by atoms with Crippen LogP contribution in [0.15, 0.2) is 42.5 Å². The van der Waals surface area contributed by atoms with Crippen LogP contribution >= 0.6 is 11.6 Å². The number of rotatable bonds is 4. The summed E-state index contributed by atoms with van der Waals surface area (Å²) in [7, 11) is 0. The first-order valence-corrected chi connectivity index (χ1v) is 8.01. The Labute approximate surface area is 126 Å². The maximum atomic E-state index is 6.85. The molecule has 0 bridgehead atoms. The fourth-order valence-electron chi connectivity index (χ4n) is 3.22. The van der Waals surface area contributed by atoms with Crippen molar-refractivity contribution in [1.82, 2.24) is 0 Å². The van der Waals surface area contributed by atoms with E-state index in [2.05, 4.69) is 56.3 Å². The third-order valence-electron chi connectivity index (χ3n) is 4.54. The quantitative estimate of drug-likeness (QED) is 0.657. The summed E-state index contributed by atoms with van der Waals surface area (Å²) in [6.07, 6.45) is 3.24. The van der Waals surface area contributed by atoms with E-state index in [1.54, 1.807) is 0 Å². The molecule has 2 aromatic carbocycles. The van der Waals surface area contributed by atoms with Gasteiger partial charge in [-0.25, -0.2) is 0 Å². The molecule has 1 aliphatic rings. The van der Waals surface area contributed by atoms with Crippen molar-refractivity contribution in [3.8, 4) is 0 Å². The van der Waals surface area contributed by atoms with Gasteiger partial charge in [0.15, 0.2) is 0 Å². The van der Waals surface area contributed by atoms with Gasteiger partial charge in [0.1, 0.15) is 0 Å². The van der Waals surface area contributed by atoms with Crippen LogP contribution in [0.25, 0.3) is 0 Å². The Morgan fingerprint density at radius 1 is 1.10 bits per heavy atom. The normalized spacial score (nSPS) is 18.2. The summed E-state index contributed by atoms with van der Waals surface area (Å²) in [4.78, 5) is 0. The minimum atomic E-state index is 0.103. The molecule has 1 heteroatoms. The molecule has 20 heavy (non-hydrogen) atoms.